The van der Waals surface area contributed by atoms with E-state index in [1.54, 1.807) is 23.5 Å². The van der Waals surface area contributed by atoms with Crippen molar-refractivity contribution >= 4 is 29.3 Å². The molecule has 1 nitrogen and oxygen atoms in total. The third kappa shape index (κ3) is 3.89. The first-order valence-corrected chi connectivity index (χ1v) is 11.1. The Balaban J connectivity index is 1.83. The summed E-state index contributed by atoms with van der Waals surface area (Å²) in [4.78, 5) is 12.2. The summed E-state index contributed by atoms with van der Waals surface area (Å²) in [5.74, 6) is 3.23. The van der Waals surface area contributed by atoms with Gasteiger partial charge in [0.05, 0.1) is 11.5 Å². The lowest BCUT2D eigenvalue weighted by Gasteiger charge is -2.14. The Kier molecular flexibility index (Phi) is 5.47. The zero-order valence-corrected chi connectivity index (χ0v) is 16.1. The quantitative estimate of drug-likeness (QED) is 0.474. The van der Waals surface area contributed by atoms with Crippen molar-refractivity contribution in [2.24, 2.45) is 0 Å². The number of hydrogen-bond donors (Lipinski definition) is 0. The Bertz CT molecular complexity index is 862. The summed E-state index contributed by atoms with van der Waals surface area (Å²) in [6, 6.07) is 25.9. The molecule has 0 aromatic heterocycles. The van der Waals surface area contributed by atoms with Gasteiger partial charge in [0.2, 0.25) is 0 Å². The molecular formula is C23H20OS2. The van der Waals surface area contributed by atoms with E-state index in [1.807, 2.05) is 0 Å². The largest absolute Gasteiger partial charge is 0.298 e. The van der Waals surface area contributed by atoms with Gasteiger partial charge in [-0.2, -0.15) is 0 Å². The summed E-state index contributed by atoms with van der Waals surface area (Å²) in [5.41, 5.74) is 7.59. The molecule has 0 spiro atoms. The molecule has 26 heavy (non-hydrogen) atoms. The van der Waals surface area contributed by atoms with Crippen LogP contribution in [-0.4, -0.2) is 17.3 Å². The summed E-state index contributed by atoms with van der Waals surface area (Å²) in [7, 11) is 0. The number of thioether (sulfide) groups is 2. The lowest BCUT2D eigenvalue weighted by molar-refractivity contribution is -0.114. The molecule has 0 aliphatic carbocycles. The minimum absolute atomic E-state index is 0.325. The zero-order valence-electron chi connectivity index (χ0n) is 14.5. The molecule has 0 amide bonds. The van der Waals surface area contributed by atoms with E-state index >= 15 is 0 Å². The predicted octanol–water partition coefficient (Wildman–Crippen LogP) is 6.07. The monoisotopic (exact) mass is 376 g/mol. The molecule has 0 radical (unpaired) electrons. The summed E-state index contributed by atoms with van der Waals surface area (Å²) >= 11 is 3.44. The van der Waals surface area contributed by atoms with Gasteiger partial charge in [-0.05, 0) is 39.4 Å². The van der Waals surface area contributed by atoms with E-state index in [0.29, 0.717) is 17.3 Å². The van der Waals surface area contributed by atoms with Crippen molar-refractivity contribution in [2.45, 2.75) is 11.5 Å². The van der Waals surface area contributed by atoms with Crippen molar-refractivity contribution < 1.29 is 4.79 Å². The Morgan fingerprint density at radius 2 is 1.08 bits per heavy atom. The van der Waals surface area contributed by atoms with Gasteiger partial charge in [0.15, 0.2) is 5.78 Å². The van der Waals surface area contributed by atoms with Crippen LogP contribution < -0.4 is 0 Å². The molecule has 0 atom stereocenters. The first kappa shape index (κ1) is 17.4. The van der Waals surface area contributed by atoms with Gasteiger partial charge in [-0.3, -0.25) is 4.79 Å². The van der Waals surface area contributed by atoms with Crippen LogP contribution in [0, 0.1) is 0 Å². The van der Waals surface area contributed by atoms with Crippen molar-refractivity contribution in [3.63, 3.8) is 0 Å². The van der Waals surface area contributed by atoms with Crippen LogP contribution in [-0.2, 0) is 16.3 Å². The molecule has 1 aliphatic rings. The van der Waals surface area contributed by atoms with Crippen LogP contribution in [0.2, 0.25) is 0 Å². The van der Waals surface area contributed by atoms with Crippen LogP contribution in [0.4, 0.5) is 0 Å². The fourth-order valence-corrected chi connectivity index (χ4v) is 5.24. The van der Waals surface area contributed by atoms with Gasteiger partial charge in [-0.25, -0.2) is 0 Å². The lowest BCUT2D eigenvalue weighted by atomic mass is 9.95. The van der Waals surface area contributed by atoms with Gasteiger partial charge in [0, 0.05) is 11.5 Å². The van der Waals surface area contributed by atoms with Crippen LogP contribution in [0.3, 0.4) is 0 Å². The number of ketones is 1. The molecule has 0 fully saturated rings. The predicted molar refractivity (Wildman–Crippen MR) is 115 cm³/mol. The van der Waals surface area contributed by atoms with E-state index in [2.05, 4.69) is 72.8 Å². The van der Waals surface area contributed by atoms with Gasteiger partial charge in [-0.15, -0.1) is 23.5 Å². The van der Waals surface area contributed by atoms with Gasteiger partial charge in [-0.1, -0.05) is 66.7 Å². The topological polar surface area (TPSA) is 17.1 Å². The minimum Gasteiger partial charge on any atom is -0.298 e. The van der Waals surface area contributed by atoms with Crippen LogP contribution in [0.5, 0.6) is 0 Å². The van der Waals surface area contributed by atoms with E-state index in [0.717, 1.165) is 11.5 Å². The SMILES string of the molecule is O=C1CSCc2ccccc2-c2cccc(c2)-c2ccccc2CSC1. The average molecular weight is 377 g/mol. The number of carbonyl (C=O) groups is 1. The van der Waals surface area contributed by atoms with Crippen molar-refractivity contribution in [1.82, 2.24) is 0 Å². The molecule has 2 bridgehead atoms. The number of Topliss-reactive ketones (excluding diaryl/α,β-unsaturated/α-hetero) is 1. The Hall–Kier alpha value is -1.97. The number of rotatable bonds is 0. The first-order valence-electron chi connectivity index (χ1n) is 8.75. The summed E-state index contributed by atoms with van der Waals surface area (Å²) < 4.78 is 0. The van der Waals surface area contributed by atoms with Crippen molar-refractivity contribution in [2.75, 3.05) is 11.5 Å². The van der Waals surface area contributed by atoms with Crippen molar-refractivity contribution in [3.05, 3.63) is 83.9 Å². The van der Waals surface area contributed by atoms with E-state index in [9.17, 15) is 4.79 Å². The van der Waals surface area contributed by atoms with Crippen LogP contribution in [0.15, 0.2) is 72.8 Å². The summed E-state index contributed by atoms with van der Waals surface area (Å²) in [6.07, 6.45) is 0. The van der Waals surface area contributed by atoms with Crippen LogP contribution >= 0.6 is 23.5 Å². The molecule has 130 valence electrons. The Morgan fingerprint density at radius 3 is 1.62 bits per heavy atom. The third-order valence-electron chi connectivity index (χ3n) is 4.56. The highest BCUT2D eigenvalue weighted by Gasteiger charge is 2.11. The molecule has 0 unspecified atom stereocenters. The second kappa shape index (κ2) is 8.15. The number of carbonyl (C=O) groups excluding carboxylic acids is 1. The molecule has 3 aromatic carbocycles. The fraction of sp³-hybridized carbons (Fsp3) is 0.174. The fourth-order valence-electron chi connectivity index (χ4n) is 3.30. The van der Waals surface area contributed by atoms with Gasteiger partial charge >= 0.3 is 0 Å². The van der Waals surface area contributed by atoms with E-state index < -0.39 is 0 Å². The molecule has 3 aromatic rings. The Morgan fingerprint density at radius 1 is 0.577 bits per heavy atom. The molecule has 0 N–H and O–H groups in total. The molecular weight excluding hydrogens is 356 g/mol. The highest BCUT2D eigenvalue weighted by molar-refractivity contribution is 8.00. The summed E-state index contributed by atoms with van der Waals surface area (Å²) in [6.45, 7) is 0. The highest BCUT2D eigenvalue weighted by atomic mass is 32.2. The maximum Gasteiger partial charge on any atom is 0.152 e. The second-order valence-electron chi connectivity index (χ2n) is 6.42. The van der Waals surface area contributed by atoms with Gasteiger partial charge in [0.1, 0.15) is 0 Å². The van der Waals surface area contributed by atoms with Gasteiger partial charge in [0.25, 0.3) is 0 Å². The number of fused-ring (bicyclic) bond motifs is 6. The normalized spacial score (nSPS) is 14.8. The van der Waals surface area contributed by atoms with E-state index in [-0.39, 0.29) is 0 Å². The smallest absolute Gasteiger partial charge is 0.152 e. The van der Waals surface area contributed by atoms with Crippen molar-refractivity contribution in [3.8, 4) is 22.3 Å². The molecule has 0 saturated heterocycles. The van der Waals surface area contributed by atoms with E-state index in [4.69, 9.17) is 0 Å². The average Bonchev–Trinajstić information content (AvgIpc) is 2.68. The summed E-state index contributed by atoms with van der Waals surface area (Å²) in [5, 5.41) is 0. The molecule has 1 aliphatic heterocycles. The standard InChI is InChI=1S/C23H20OS2/c24-21-15-25-13-19-6-1-3-10-22(19)17-8-5-9-18(12-17)23-11-4-2-7-20(23)14-26-16-21/h1-12H,13-16H2. The number of hydrogen-bond acceptors (Lipinski definition) is 3. The maximum absolute atomic E-state index is 12.2. The zero-order chi connectivity index (χ0) is 17.8. The molecule has 1 heterocycles. The Labute approximate surface area is 163 Å². The molecule has 3 heteroatoms. The maximum atomic E-state index is 12.2. The van der Waals surface area contributed by atoms with Gasteiger partial charge < -0.3 is 0 Å². The van der Waals surface area contributed by atoms with Crippen molar-refractivity contribution in [1.29, 1.82) is 0 Å². The molecule has 4 rings (SSSR count). The number of benzene rings is 3. The highest BCUT2D eigenvalue weighted by Crippen LogP contribution is 2.33. The van der Waals surface area contributed by atoms with Crippen LogP contribution in [0.25, 0.3) is 22.3 Å². The minimum atomic E-state index is 0.325. The second-order valence-corrected chi connectivity index (χ2v) is 8.39. The van der Waals surface area contributed by atoms with Crippen LogP contribution in [0.1, 0.15) is 11.1 Å². The first-order chi connectivity index (χ1) is 12.8. The van der Waals surface area contributed by atoms with E-state index in [1.165, 1.54) is 33.4 Å². The third-order valence-corrected chi connectivity index (χ3v) is 6.64. The molecule has 0 saturated carbocycles. The lowest BCUT2D eigenvalue weighted by Crippen LogP contribution is -2.06.